The third kappa shape index (κ3) is 3.40. The van der Waals surface area contributed by atoms with Crippen LogP contribution < -0.4 is 0 Å². The van der Waals surface area contributed by atoms with E-state index >= 15 is 0 Å². The lowest BCUT2D eigenvalue weighted by Crippen LogP contribution is -2.35. The van der Waals surface area contributed by atoms with Gasteiger partial charge >= 0.3 is 0 Å². The van der Waals surface area contributed by atoms with Gasteiger partial charge in [0.05, 0.1) is 5.92 Å². The van der Waals surface area contributed by atoms with Crippen molar-refractivity contribution in [2.24, 2.45) is 11.8 Å². The van der Waals surface area contributed by atoms with Crippen molar-refractivity contribution in [2.75, 3.05) is 0 Å². The predicted molar refractivity (Wildman–Crippen MR) is 67.8 cm³/mol. The third-order valence-electron chi connectivity index (χ3n) is 4.42. The largest absolute Gasteiger partial charge is 0.299 e. The van der Waals surface area contributed by atoms with Gasteiger partial charge in [0, 0.05) is 12.3 Å². The monoisotopic (exact) mass is 236 g/mol. The molecule has 2 fully saturated rings. The number of rotatable bonds is 0. The van der Waals surface area contributed by atoms with E-state index in [1.165, 1.54) is 38.5 Å². The van der Waals surface area contributed by atoms with Gasteiger partial charge in [0.15, 0.2) is 0 Å². The molecule has 96 valence electrons. The fourth-order valence-corrected chi connectivity index (χ4v) is 3.29. The number of carbonyl (C=O) groups is 2. The smallest absolute Gasteiger partial charge is 0.146 e. The van der Waals surface area contributed by atoms with E-state index in [-0.39, 0.29) is 23.4 Å². The third-order valence-corrected chi connectivity index (χ3v) is 4.42. The number of fused-ring (bicyclic) bond motifs is 2. The van der Waals surface area contributed by atoms with Crippen molar-refractivity contribution in [1.82, 2.24) is 0 Å². The molecule has 0 aromatic carbocycles. The summed E-state index contributed by atoms with van der Waals surface area (Å²) in [5, 5.41) is 0. The summed E-state index contributed by atoms with van der Waals surface area (Å²) in [4.78, 5) is 24.0. The first-order valence-electron chi connectivity index (χ1n) is 7.35. The summed E-state index contributed by atoms with van der Waals surface area (Å²) in [6, 6.07) is 0. The van der Waals surface area contributed by atoms with Crippen LogP contribution in [-0.2, 0) is 9.59 Å². The van der Waals surface area contributed by atoms with Crippen molar-refractivity contribution in [2.45, 2.75) is 70.6 Å². The van der Waals surface area contributed by atoms with E-state index in [0.29, 0.717) is 6.42 Å². The average molecular weight is 236 g/mol. The van der Waals surface area contributed by atoms with E-state index in [1.54, 1.807) is 0 Å². The maximum absolute atomic E-state index is 12.2. The molecule has 2 aliphatic rings. The van der Waals surface area contributed by atoms with Crippen LogP contribution in [0, 0.1) is 11.8 Å². The molecule has 0 amide bonds. The fraction of sp³-hybridized carbons (Fsp3) is 0.867. The molecule has 2 heteroatoms. The molecule has 2 atom stereocenters. The van der Waals surface area contributed by atoms with Crippen molar-refractivity contribution in [3.05, 3.63) is 0 Å². The Kier molecular flexibility index (Phi) is 4.75. The SMILES string of the molecule is O=C1CCC2CCCCCCCCCC1C2=O. The van der Waals surface area contributed by atoms with Gasteiger partial charge in [-0.15, -0.1) is 0 Å². The quantitative estimate of drug-likeness (QED) is 0.601. The van der Waals surface area contributed by atoms with Crippen LogP contribution in [0.2, 0.25) is 0 Å². The maximum Gasteiger partial charge on any atom is 0.146 e. The Morgan fingerprint density at radius 1 is 0.706 bits per heavy atom. The highest BCUT2D eigenvalue weighted by molar-refractivity contribution is 6.05. The molecule has 2 aliphatic carbocycles. The van der Waals surface area contributed by atoms with Gasteiger partial charge in [0.25, 0.3) is 0 Å². The summed E-state index contributed by atoms with van der Waals surface area (Å²) in [7, 11) is 0. The molecule has 2 unspecified atom stereocenters. The van der Waals surface area contributed by atoms with Gasteiger partial charge < -0.3 is 0 Å². The van der Waals surface area contributed by atoms with Crippen LogP contribution in [0.25, 0.3) is 0 Å². The number of hydrogen-bond acceptors (Lipinski definition) is 2. The molecule has 0 aliphatic heterocycles. The lowest BCUT2D eigenvalue weighted by Gasteiger charge is -2.27. The molecule has 0 N–H and O–H groups in total. The zero-order chi connectivity index (χ0) is 12.1. The second kappa shape index (κ2) is 6.32. The molecule has 17 heavy (non-hydrogen) atoms. The van der Waals surface area contributed by atoms with Crippen molar-refractivity contribution in [1.29, 1.82) is 0 Å². The molecule has 2 nitrogen and oxygen atoms in total. The highest BCUT2D eigenvalue weighted by Crippen LogP contribution is 2.31. The lowest BCUT2D eigenvalue weighted by atomic mass is 9.75. The van der Waals surface area contributed by atoms with E-state index in [2.05, 4.69) is 0 Å². The summed E-state index contributed by atoms with van der Waals surface area (Å²) in [6.07, 6.45) is 12.0. The van der Waals surface area contributed by atoms with Gasteiger partial charge in [0.2, 0.25) is 0 Å². The second-order valence-corrected chi connectivity index (χ2v) is 5.71. The summed E-state index contributed by atoms with van der Waals surface area (Å²) in [5.74, 6) is 0.482. The summed E-state index contributed by atoms with van der Waals surface area (Å²) >= 11 is 0. The van der Waals surface area contributed by atoms with Crippen LogP contribution in [-0.4, -0.2) is 11.6 Å². The minimum Gasteiger partial charge on any atom is -0.299 e. The van der Waals surface area contributed by atoms with Gasteiger partial charge in [-0.05, 0) is 19.3 Å². The van der Waals surface area contributed by atoms with Crippen LogP contribution in [0.4, 0.5) is 0 Å². The molecule has 0 radical (unpaired) electrons. The molecular weight excluding hydrogens is 212 g/mol. The van der Waals surface area contributed by atoms with Gasteiger partial charge in [-0.2, -0.15) is 0 Å². The minimum atomic E-state index is -0.229. The van der Waals surface area contributed by atoms with E-state index in [0.717, 1.165) is 25.7 Å². The van der Waals surface area contributed by atoms with E-state index in [1.807, 2.05) is 0 Å². The van der Waals surface area contributed by atoms with Crippen molar-refractivity contribution in [3.8, 4) is 0 Å². The van der Waals surface area contributed by atoms with Gasteiger partial charge in [0.1, 0.15) is 11.6 Å². The summed E-state index contributed by atoms with van der Waals surface area (Å²) in [6.45, 7) is 0. The first-order chi connectivity index (χ1) is 8.29. The molecule has 2 rings (SSSR count). The van der Waals surface area contributed by atoms with Gasteiger partial charge in [-0.3, -0.25) is 9.59 Å². The summed E-state index contributed by atoms with van der Waals surface area (Å²) in [5.41, 5.74) is 0. The van der Waals surface area contributed by atoms with E-state index in [4.69, 9.17) is 0 Å². The predicted octanol–water partition coefficient (Wildman–Crippen LogP) is 3.68. The fourth-order valence-electron chi connectivity index (χ4n) is 3.29. The lowest BCUT2D eigenvalue weighted by molar-refractivity contribution is -0.139. The number of hydrogen-bond donors (Lipinski definition) is 0. The van der Waals surface area contributed by atoms with Crippen LogP contribution >= 0.6 is 0 Å². The Labute approximate surface area is 104 Å². The van der Waals surface area contributed by atoms with E-state index in [9.17, 15) is 9.59 Å². The standard InChI is InChI=1S/C15H24O2/c16-14-11-10-12-8-6-4-2-1-3-5-7-9-13(14)15(12)17/h12-13H,1-11H2. The highest BCUT2D eigenvalue weighted by atomic mass is 16.2. The molecule has 0 spiro atoms. The van der Waals surface area contributed by atoms with Crippen LogP contribution in [0.1, 0.15) is 70.6 Å². The normalized spacial score (nSPS) is 32.7. The summed E-state index contributed by atoms with van der Waals surface area (Å²) < 4.78 is 0. The molecule has 0 saturated heterocycles. The van der Waals surface area contributed by atoms with Crippen molar-refractivity contribution in [3.63, 3.8) is 0 Å². The zero-order valence-electron chi connectivity index (χ0n) is 10.7. The first kappa shape index (κ1) is 12.8. The Morgan fingerprint density at radius 3 is 2.00 bits per heavy atom. The second-order valence-electron chi connectivity index (χ2n) is 5.71. The Morgan fingerprint density at radius 2 is 1.29 bits per heavy atom. The molecule has 0 aromatic heterocycles. The Balaban J connectivity index is 1.99. The molecule has 0 aromatic rings. The van der Waals surface area contributed by atoms with Crippen molar-refractivity contribution < 1.29 is 9.59 Å². The number of carbonyl (C=O) groups excluding carboxylic acids is 2. The Hall–Kier alpha value is -0.660. The number of ketones is 2. The highest BCUT2D eigenvalue weighted by Gasteiger charge is 2.35. The van der Waals surface area contributed by atoms with Gasteiger partial charge in [-0.25, -0.2) is 0 Å². The van der Waals surface area contributed by atoms with Crippen LogP contribution in [0.5, 0.6) is 0 Å². The van der Waals surface area contributed by atoms with Gasteiger partial charge in [-0.1, -0.05) is 44.9 Å². The first-order valence-corrected chi connectivity index (χ1v) is 7.35. The molecule has 0 heterocycles. The molecule has 2 saturated carbocycles. The average Bonchev–Trinajstić information content (AvgIpc) is 2.31. The number of Topliss-reactive ketones (excluding diaryl/α,β-unsaturated/α-hetero) is 2. The van der Waals surface area contributed by atoms with Crippen LogP contribution in [0.3, 0.4) is 0 Å². The molecular formula is C15H24O2. The van der Waals surface area contributed by atoms with Crippen molar-refractivity contribution >= 4 is 11.6 Å². The maximum atomic E-state index is 12.2. The minimum absolute atomic E-state index is 0.206. The topological polar surface area (TPSA) is 34.1 Å². The van der Waals surface area contributed by atoms with Crippen LogP contribution in [0.15, 0.2) is 0 Å². The Bertz CT molecular complexity index is 283. The zero-order valence-corrected chi connectivity index (χ0v) is 10.7. The molecule has 2 bridgehead atoms. The van der Waals surface area contributed by atoms with E-state index < -0.39 is 0 Å².